The molecule has 0 radical (unpaired) electrons. The summed E-state index contributed by atoms with van der Waals surface area (Å²) in [4.78, 5) is 10.5. The minimum atomic E-state index is -3.52. The summed E-state index contributed by atoms with van der Waals surface area (Å²) in [5, 5.41) is 8.61. The molecule has 5 nitrogen and oxygen atoms in total. The van der Waals surface area contributed by atoms with E-state index in [1.165, 1.54) is 0 Å². The van der Waals surface area contributed by atoms with Crippen molar-refractivity contribution in [2.45, 2.75) is 25.6 Å². The number of rotatable bonds is 5. The fourth-order valence-corrected chi connectivity index (χ4v) is 3.29. The Morgan fingerprint density at radius 1 is 1.28 bits per heavy atom. The van der Waals surface area contributed by atoms with Crippen LogP contribution < -0.4 is 5.73 Å². The molecule has 0 saturated heterocycles. The van der Waals surface area contributed by atoms with Crippen molar-refractivity contribution in [1.29, 1.82) is 0 Å². The van der Waals surface area contributed by atoms with E-state index in [9.17, 15) is 13.2 Å². The molecule has 0 aliphatic rings. The second-order valence-corrected chi connectivity index (χ2v) is 6.60. The van der Waals surface area contributed by atoms with Gasteiger partial charge in [0.2, 0.25) is 0 Å². The molecule has 0 amide bonds. The van der Waals surface area contributed by atoms with Gasteiger partial charge in [0.25, 0.3) is 0 Å². The SMILES string of the molecule is Cc1cc(C)cc(CS(=O)(=O)CC(N)C(=O)O)c1. The number of aryl methyl sites for hydroxylation is 2. The normalized spacial score (nSPS) is 13.3. The molecule has 0 aromatic heterocycles. The maximum absolute atomic E-state index is 11.8. The molecule has 0 aliphatic heterocycles. The molecule has 1 atom stereocenters. The molecule has 0 bridgehead atoms. The van der Waals surface area contributed by atoms with Gasteiger partial charge in [-0.05, 0) is 19.4 Å². The third-order valence-corrected chi connectivity index (χ3v) is 4.06. The Morgan fingerprint density at radius 3 is 2.22 bits per heavy atom. The van der Waals surface area contributed by atoms with Crippen molar-refractivity contribution in [3.05, 3.63) is 34.9 Å². The van der Waals surface area contributed by atoms with Gasteiger partial charge >= 0.3 is 5.97 Å². The zero-order valence-corrected chi connectivity index (χ0v) is 11.2. The first-order chi connectivity index (χ1) is 8.19. The van der Waals surface area contributed by atoms with Crippen molar-refractivity contribution in [3.8, 4) is 0 Å². The van der Waals surface area contributed by atoms with Gasteiger partial charge in [0.1, 0.15) is 6.04 Å². The van der Waals surface area contributed by atoms with Crippen LogP contribution in [0.15, 0.2) is 18.2 Å². The van der Waals surface area contributed by atoms with E-state index in [1.54, 1.807) is 12.1 Å². The fraction of sp³-hybridized carbons (Fsp3) is 0.417. The van der Waals surface area contributed by atoms with Crippen molar-refractivity contribution >= 4 is 15.8 Å². The lowest BCUT2D eigenvalue weighted by molar-refractivity contribution is -0.137. The van der Waals surface area contributed by atoms with Crippen LogP contribution in [0.1, 0.15) is 16.7 Å². The van der Waals surface area contributed by atoms with E-state index in [2.05, 4.69) is 0 Å². The predicted molar refractivity (Wildman–Crippen MR) is 69.0 cm³/mol. The largest absolute Gasteiger partial charge is 0.480 e. The van der Waals surface area contributed by atoms with Gasteiger partial charge in [0, 0.05) is 0 Å². The fourth-order valence-electron chi connectivity index (χ4n) is 1.81. The Kier molecular flexibility index (Phi) is 4.48. The zero-order chi connectivity index (χ0) is 13.9. The Balaban J connectivity index is 2.85. The summed E-state index contributed by atoms with van der Waals surface area (Å²) in [7, 11) is -3.52. The zero-order valence-electron chi connectivity index (χ0n) is 10.4. The highest BCUT2D eigenvalue weighted by Gasteiger charge is 2.21. The molecule has 100 valence electrons. The van der Waals surface area contributed by atoms with Crippen molar-refractivity contribution in [2.75, 3.05) is 5.75 Å². The van der Waals surface area contributed by atoms with Gasteiger partial charge in [-0.2, -0.15) is 0 Å². The first kappa shape index (κ1) is 14.7. The lowest BCUT2D eigenvalue weighted by Gasteiger charge is -2.09. The average molecular weight is 271 g/mol. The molecule has 1 aromatic carbocycles. The average Bonchev–Trinajstić information content (AvgIpc) is 2.13. The van der Waals surface area contributed by atoms with Gasteiger partial charge in [-0.1, -0.05) is 29.3 Å². The van der Waals surface area contributed by atoms with Gasteiger partial charge in [0.05, 0.1) is 11.5 Å². The lowest BCUT2D eigenvalue weighted by atomic mass is 10.1. The molecule has 1 aromatic rings. The monoisotopic (exact) mass is 271 g/mol. The lowest BCUT2D eigenvalue weighted by Crippen LogP contribution is -2.37. The van der Waals surface area contributed by atoms with Crippen molar-refractivity contribution in [3.63, 3.8) is 0 Å². The molecular formula is C12H17NO4S. The molecule has 0 saturated carbocycles. The Bertz CT molecular complexity index is 531. The van der Waals surface area contributed by atoms with Crippen LogP contribution in [0.2, 0.25) is 0 Å². The number of nitrogens with two attached hydrogens (primary N) is 1. The molecule has 3 N–H and O–H groups in total. The van der Waals surface area contributed by atoms with Crippen LogP contribution in [-0.4, -0.2) is 31.3 Å². The molecule has 0 spiro atoms. The Hall–Kier alpha value is -1.40. The van der Waals surface area contributed by atoms with Gasteiger partial charge in [0.15, 0.2) is 9.84 Å². The molecule has 18 heavy (non-hydrogen) atoms. The maximum atomic E-state index is 11.8. The highest BCUT2D eigenvalue weighted by Crippen LogP contribution is 2.13. The second-order valence-electron chi connectivity index (χ2n) is 4.50. The van der Waals surface area contributed by atoms with Crippen molar-refractivity contribution < 1.29 is 18.3 Å². The number of sulfone groups is 1. The van der Waals surface area contributed by atoms with Crippen LogP contribution in [-0.2, 0) is 20.4 Å². The summed E-state index contributed by atoms with van der Waals surface area (Å²) in [5.41, 5.74) is 7.84. The standard InChI is InChI=1S/C12H17NO4S/c1-8-3-9(2)5-10(4-8)6-18(16,17)7-11(13)12(14)15/h3-5,11H,6-7,13H2,1-2H3,(H,14,15). The van der Waals surface area contributed by atoms with E-state index in [4.69, 9.17) is 10.8 Å². The minimum Gasteiger partial charge on any atom is -0.480 e. The van der Waals surface area contributed by atoms with Crippen LogP contribution in [0.3, 0.4) is 0 Å². The van der Waals surface area contributed by atoms with E-state index in [-0.39, 0.29) is 5.75 Å². The van der Waals surface area contributed by atoms with Crippen LogP contribution in [0, 0.1) is 13.8 Å². The van der Waals surface area contributed by atoms with Gasteiger partial charge in [-0.25, -0.2) is 8.42 Å². The number of hydrogen-bond donors (Lipinski definition) is 2. The number of carboxylic acids is 1. The molecule has 6 heteroatoms. The molecule has 0 fully saturated rings. The first-order valence-corrected chi connectivity index (χ1v) is 7.28. The number of carbonyl (C=O) groups is 1. The highest BCUT2D eigenvalue weighted by molar-refractivity contribution is 7.90. The van der Waals surface area contributed by atoms with Gasteiger partial charge in [-0.15, -0.1) is 0 Å². The van der Waals surface area contributed by atoms with E-state index in [1.807, 2.05) is 19.9 Å². The topological polar surface area (TPSA) is 97.5 Å². The van der Waals surface area contributed by atoms with Crippen LogP contribution in [0.5, 0.6) is 0 Å². The van der Waals surface area contributed by atoms with Gasteiger partial charge in [-0.3, -0.25) is 4.79 Å². The third-order valence-electron chi connectivity index (χ3n) is 2.42. The molecule has 1 rings (SSSR count). The minimum absolute atomic E-state index is 0.184. The molecule has 0 aliphatic carbocycles. The van der Waals surface area contributed by atoms with Crippen LogP contribution in [0.4, 0.5) is 0 Å². The number of carboxylic acid groups (broad SMARTS) is 1. The van der Waals surface area contributed by atoms with Crippen LogP contribution in [0.25, 0.3) is 0 Å². The van der Waals surface area contributed by atoms with E-state index in [0.717, 1.165) is 11.1 Å². The van der Waals surface area contributed by atoms with Crippen molar-refractivity contribution in [2.24, 2.45) is 5.73 Å². The van der Waals surface area contributed by atoms with E-state index < -0.39 is 27.6 Å². The third kappa shape index (κ3) is 4.46. The van der Waals surface area contributed by atoms with Crippen LogP contribution >= 0.6 is 0 Å². The van der Waals surface area contributed by atoms with Gasteiger partial charge < -0.3 is 10.8 Å². The predicted octanol–water partition coefficient (Wildman–Crippen LogP) is 0.630. The first-order valence-electron chi connectivity index (χ1n) is 5.45. The number of aliphatic carboxylic acids is 1. The summed E-state index contributed by atoms with van der Waals surface area (Å²) in [6.07, 6.45) is 0. The second kappa shape index (κ2) is 5.49. The van der Waals surface area contributed by atoms with E-state index >= 15 is 0 Å². The number of benzene rings is 1. The summed E-state index contributed by atoms with van der Waals surface area (Å²) in [6, 6.07) is 4.12. The Morgan fingerprint density at radius 2 is 1.78 bits per heavy atom. The maximum Gasteiger partial charge on any atom is 0.321 e. The summed E-state index contributed by atoms with van der Waals surface area (Å²) in [5.74, 6) is -2.04. The molecular weight excluding hydrogens is 254 g/mol. The highest BCUT2D eigenvalue weighted by atomic mass is 32.2. The van der Waals surface area contributed by atoms with E-state index in [0.29, 0.717) is 5.56 Å². The smallest absolute Gasteiger partial charge is 0.321 e. The summed E-state index contributed by atoms with van der Waals surface area (Å²) >= 11 is 0. The number of hydrogen-bond acceptors (Lipinski definition) is 4. The summed E-state index contributed by atoms with van der Waals surface area (Å²) < 4.78 is 23.6. The summed E-state index contributed by atoms with van der Waals surface area (Å²) in [6.45, 7) is 3.76. The molecule has 1 unspecified atom stereocenters. The van der Waals surface area contributed by atoms with Crippen molar-refractivity contribution in [1.82, 2.24) is 0 Å². The molecule has 0 heterocycles. The Labute approximate surface area is 107 Å². The quantitative estimate of drug-likeness (QED) is 0.818.